The minimum absolute atomic E-state index is 0. The van der Waals surface area contributed by atoms with Crippen molar-refractivity contribution in [1.82, 2.24) is 4.90 Å². The summed E-state index contributed by atoms with van der Waals surface area (Å²) in [5, 5.41) is -0.843. The third-order valence-corrected chi connectivity index (χ3v) is 7.55. The van der Waals surface area contributed by atoms with E-state index in [1.165, 1.54) is 19.1 Å². The number of halogens is 2. The number of likely N-dealkylation sites (tertiary alicyclic amines) is 1. The van der Waals surface area contributed by atoms with Gasteiger partial charge >= 0.3 is 0 Å². The molecule has 25 heavy (non-hydrogen) atoms. The molecule has 0 spiro atoms. The van der Waals surface area contributed by atoms with Crippen molar-refractivity contribution < 1.29 is 17.6 Å². The lowest BCUT2D eigenvalue weighted by Gasteiger charge is -2.21. The third-order valence-electron chi connectivity index (χ3n) is 5.40. The van der Waals surface area contributed by atoms with Crippen LogP contribution >= 0.6 is 12.4 Å². The lowest BCUT2D eigenvalue weighted by atomic mass is 9.98. The van der Waals surface area contributed by atoms with Crippen LogP contribution in [0.25, 0.3) is 0 Å². The van der Waals surface area contributed by atoms with Crippen molar-refractivity contribution in [2.75, 3.05) is 13.1 Å². The molecule has 8 heteroatoms. The molecule has 1 heterocycles. The molecular formula is C17H24ClFN2O3S. The van der Waals surface area contributed by atoms with Crippen LogP contribution in [0.5, 0.6) is 0 Å². The van der Waals surface area contributed by atoms with Crippen molar-refractivity contribution >= 4 is 28.2 Å². The Morgan fingerprint density at radius 3 is 2.52 bits per heavy atom. The molecule has 1 saturated carbocycles. The molecule has 4 unspecified atom stereocenters. The molecule has 1 aliphatic heterocycles. The Kier molecular flexibility index (Phi) is 6.12. The van der Waals surface area contributed by atoms with Gasteiger partial charge in [-0.15, -0.1) is 12.4 Å². The number of carbonyl (C=O) groups excluding carboxylic acids is 1. The van der Waals surface area contributed by atoms with Crippen molar-refractivity contribution in [2.24, 2.45) is 17.6 Å². The van der Waals surface area contributed by atoms with E-state index in [-0.39, 0.29) is 35.7 Å². The molecule has 3 rings (SSSR count). The van der Waals surface area contributed by atoms with Crippen molar-refractivity contribution in [3.63, 3.8) is 0 Å². The van der Waals surface area contributed by atoms with E-state index in [0.717, 1.165) is 25.0 Å². The first-order valence-electron chi connectivity index (χ1n) is 8.32. The number of hydrogen-bond donors (Lipinski definition) is 1. The van der Waals surface area contributed by atoms with E-state index in [9.17, 15) is 17.6 Å². The van der Waals surface area contributed by atoms with E-state index in [4.69, 9.17) is 5.73 Å². The van der Waals surface area contributed by atoms with Crippen LogP contribution in [0.15, 0.2) is 29.2 Å². The average molecular weight is 391 g/mol. The second-order valence-corrected chi connectivity index (χ2v) is 9.34. The molecule has 5 nitrogen and oxygen atoms in total. The summed E-state index contributed by atoms with van der Waals surface area (Å²) < 4.78 is 38.0. The third kappa shape index (κ3) is 3.99. The normalized spacial score (nSPS) is 26.8. The van der Waals surface area contributed by atoms with Gasteiger partial charge in [-0.3, -0.25) is 4.79 Å². The summed E-state index contributed by atoms with van der Waals surface area (Å²) in [5.74, 6) is 0.165. The number of carbonyl (C=O) groups is 1. The Morgan fingerprint density at radius 1 is 1.28 bits per heavy atom. The Labute approximate surface area is 154 Å². The average Bonchev–Trinajstić information content (AvgIpc) is 3.10. The summed E-state index contributed by atoms with van der Waals surface area (Å²) in [6.45, 7) is 2.84. The first kappa shape index (κ1) is 20.1. The molecule has 140 valence electrons. The van der Waals surface area contributed by atoms with Crippen LogP contribution in [0.3, 0.4) is 0 Å². The van der Waals surface area contributed by atoms with Crippen LogP contribution in [-0.2, 0) is 14.6 Å². The molecule has 4 atom stereocenters. The number of hydrogen-bond acceptors (Lipinski definition) is 4. The van der Waals surface area contributed by atoms with Gasteiger partial charge in [0.2, 0.25) is 5.91 Å². The van der Waals surface area contributed by atoms with Gasteiger partial charge in [-0.05, 0) is 55.9 Å². The Hall–Kier alpha value is -1.18. The maximum absolute atomic E-state index is 13.0. The number of sulfone groups is 1. The largest absolute Gasteiger partial charge is 0.342 e. The highest BCUT2D eigenvalue weighted by molar-refractivity contribution is 7.92. The fourth-order valence-electron chi connectivity index (χ4n) is 3.85. The minimum atomic E-state index is -3.65. The van der Waals surface area contributed by atoms with Crippen LogP contribution < -0.4 is 5.73 Å². The lowest BCUT2D eigenvalue weighted by Crippen LogP contribution is -2.35. The van der Waals surface area contributed by atoms with Gasteiger partial charge < -0.3 is 10.6 Å². The van der Waals surface area contributed by atoms with Gasteiger partial charge in [-0.2, -0.15) is 0 Å². The second kappa shape index (κ2) is 7.60. The predicted molar refractivity (Wildman–Crippen MR) is 95.7 cm³/mol. The van der Waals surface area contributed by atoms with Gasteiger partial charge in [0, 0.05) is 25.6 Å². The van der Waals surface area contributed by atoms with E-state index in [2.05, 4.69) is 0 Å². The van der Waals surface area contributed by atoms with E-state index >= 15 is 0 Å². The lowest BCUT2D eigenvalue weighted by molar-refractivity contribution is -0.130. The van der Waals surface area contributed by atoms with Crippen LogP contribution in [0.4, 0.5) is 4.39 Å². The summed E-state index contributed by atoms with van der Waals surface area (Å²) in [6.07, 6.45) is 1.99. The van der Waals surface area contributed by atoms with Crippen molar-refractivity contribution in [1.29, 1.82) is 0 Å². The molecule has 2 N–H and O–H groups in total. The maximum atomic E-state index is 13.0. The van der Waals surface area contributed by atoms with Crippen LogP contribution in [-0.4, -0.2) is 43.6 Å². The molecule has 2 fully saturated rings. The minimum Gasteiger partial charge on any atom is -0.342 e. The van der Waals surface area contributed by atoms with Gasteiger partial charge in [0.25, 0.3) is 0 Å². The Morgan fingerprint density at radius 2 is 1.92 bits per heavy atom. The van der Waals surface area contributed by atoms with Gasteiger partial charge in [-0.1, -0.05) is 0 Å². The molecular weight excluding hydrogens is 367 g/mol. The second-order valence-electron chi connectivity index (χ2n) is 6.98. The number of nitrogens with zero attached hydrogens (tertiary/aromatic N) is 1. The van der Waals surface area contributed by atoms with Crippen molar-refractivity contribution in [3.05, 3.63) is 30.1 Å². The SMILES string of the molecule is CC(CC(=O)N1CC2CCC(N)C2C1)S(=O)(=O)c1ccc(F)cc1.Cl. The quantitative estimate of drug-likeness (QED) is 0.797. The molecule has 1 aromatic rings. The van der Waals surface area contributed by atoms with Gasteiger partial charge in [0.15, 0.2) is 9.84 Å². The first-order valence-corrected chi connectivity index (χ1v) is 9.86. The molecule has 1 aromatic carbocycles. The smallest absolute Gasteiger partial charge is 0.223 e. The molecule has 2 aliphatic rings. The molecule has 0 radical (unpaired) electrons. The maximum Gasteiger partial charge on any atom is 0.223 e. The number of benzene rings is 1. The van der Waals surface area contributed by atoms with Crippen molar-refractivity contribution in [3.8, 4) is 0 Å². The van der Waals surface area contributed by atoms with Gasteiger partial charge in [-0.25, -0.2) is 12.8 Å². The number of rotatable bonds is 4. The zero-order valence-corrected chi connectivity index (χ0v) is 15.7. The van der Waals surface area contributed by atoms with Gasteiger partial charge in [0.1, 0.15) is 5.82 Å². The fourth-order valence-corrected chi connectivity index (χ4v) is 5.19. The standard InChI is InChI=1S/C17H23FN2O3S.ClH/c1-11(24(22,23)14-5-3-13(18)4-6-14)8-17(21)20-9-12-2-7-16(19)15(12)10-20;/h3-6,11-12,15-16H,2,7-10,19H2,1H3;1H. The van der Waals surface area contributed by atoms with Gasteiger partial charge in [0.05, 0.1) is 10.1 Å². The van der Waals surface area contributed by atoms with E-state index in [0.29, 0.717) is 24.9 Å². The summed E-state index contributed by atoms with van der Waals surface area (Å²) in [7, 11) is -3.65. The molecule has 0 aromatic heterocycles. The number of fused-ring (bicyclic) bond motifs is 1. The van der Waals surface area contributed by atoms with Crippen molar-refractivity contribution in [2.45, 2.75) is 42.4 Å². The fraction of sp³-hybridized carbons (Fsp3) is 0.588. The molecule has 1 saturated heterocycles. The number of nitrogens with two attached hydrogens (primary N) is 1. The van der Waals surface area contributed by atoms with Crippen LogP contribution in [0.1, 0.15) is 26.2 Å². The predicted octanol–water partition coefficient (Wildman–Crippen LogP) is 2.00. The summed E-state index contributed by atoms with van der Waals surface area (Å²) >= 11 is 0. The summed E-state index contributed by atoms with van der Waals surface area (Å²) in [4.78, 5) is 14.3. The Bertz CT molecular complexity index is 726. The van der Waals surface area contributed by atoms with Crippen LogP contribution in [0, 0.1) is 17.7 Å². The highest BCUT2D eigenvalue weighted by atomic mass is 35.5. The zero-order chi connectivity index (χ0) is 17.5. The zero-order valence-electron chi connectivity index (χ0n) is 14.1. The van der Waals surface area contributed by atoms with E-state index in [1.54, 1.807) is 4.90 Å². The van der Waals surface area contributed by atoms with E-state index < -0.39 is 20.9 Å². The summed E-state index contributed by atoms with van der Waals surface area (Å²) in [5.41, 5.74) is 6.08. The highest BCUT2D eigenvalue weighted by Gasteiger charge is 2.42. The summed E-state index contributed by atoms with van der Waals surface area (Å²) in [6, 6.07) is 4.86. The molecule has 1 aliphatic carbocycles. The monoisotopic (exact) mass is 390 g/mol. The number of amides is 1. The molecule has 1 amide bonds. The highest BCUT2D eigenvalue weighted by Crippen LogP contribution is 2.37. The Balaban J connectivity index is 0.00000225. The first-order chi connectivity index (χ1) is 11.3. The molecule has 0 bridgehead atoms. The van der Waals surface area contributed by atoms with E-state index in [1.807, 2.05) is 0 Å². The van der Waals surface area contributed by atoms with Crippen LogP contribution in [0.2, 0.25) is 0 Å². The topological polar surface area (TPSA) is 80.5 Å².